The fourth-order valence-corrected chi connectivity index (χ4v) is 5.89. The zero-order valence-electron chi connectivity index (χ0n) is 20.2. The van der Waals surface area contributed by atoms with E-state index in [4.69, 9.17) is 9.84 Å². The quantitative estimate of drug-likeness (QED) is 0.595. The van der Waals surface area contributed by atoms with E-state index in [1.54, 1.807) is 12.1 Å². The summed E-state index contributed by atoms with van der Waals surface area (Å²) in [5.41, 5.74) is 2.58. The number of carboxylic acids is 1. The molecule has 2 fully saturated rings. The van der Waals surface area contributed by atoms with Crippen molar-refractivity contribution in [3.63, 3.8) is 0 Å². The molecule has 0 aromatic heterocycles. The van der Waals surface area contributed by atoms with E-state index in [9.17, 15) is 14.9 Å². The molecule has 2 heterocycles. The highest BCUT2D eigenvalue weighted by Gasteiger charge is 2.39. The zero-order valence-corrected chi connectivity index (χ0v) is 21.0. The summed E-state index contributed by atoms with van der Waals surface area (Å²) in [6.07, 6.45) is 5.35. The first-order valence-electron chi connectivity index (χ1n) is 12.5. The second-order valence-corrected chi connectivity index (χ2v) is 10.2. The molecule has 7 nitrogen and oxygen atoms in total. The molecule has 0 radical (unpaired) electrons. The molecule has 5 rings (SSSR count). The molecule has 2 aromatic carbocycles. The number of aromatic carboxylic acids is 1. The Balaban J connectivity index is 0.00000304. The van der Waals surface area contributed by atoms with Gasteiger partial charge in [-0.3, -0.25) is 4.79 Å². The van der Waals surface area contributed by atoms with Crippen molar-refractivity contribution in [1.82, 2.24) is 10.2 Å². The lowest BCUT2D eigenvalue weighted by molar-refractivity contribution is 0.0696. The van der Waals surface area contributed by atoms with Crippen molar-refractivity contribution < 1.29 is 19.4 Å². The van der Waals surface area contributed by atoms with Crippen LogP contribution in [0.25, 0.3) is 0 Å². The zero-order chi connectivity index (χ0) is 24.4. The number of carboxylic acid groups (broad SMARTS) is 1. The number of nitriles is 1. The van der Waals surface area contributed by atoms with Gasteiger partial charge in [0, 0.05) is 42.1 Å². The molecule has 2 atom stereocenters. The number of benzene rings is 2. The second-order valence-electron chi connectivity index (χ2n) is 10.2. The Morgan fingerprint density at radius 2 is 1.78 bits per heavy atom. The van der Waals surface area contributed by atoms with Crippen molar-refractivity contribution >= 4 is 24.3 Å². The summed E-state index contributed by atoms with van der Waals surface area (Å²) in [6, 6.07) is 14.3. The van der Waals surface area contributed by atoms with E-state index in [1.165, 1.54) is 24.1 Å². The average Bonchev–Trinajstić information content (AvgIpc) is 3.32. The van der Waals surface area contributed by atoms with Crippen LogP contribution in [0.1, 0.15) is 69.9 Å². The van der Waals surface area contributed by atoms with E-state index >= 15 is 0 Å². The van der Waals surface area contributed by atoms with E-state index in [-0.39, 0.29) is 29.9 Å². The fraction of sp³-hybridized carbons (Fsp3) is 0.464. The van der Waals surface area contributed by atoms with Crippen LogP contribution in [0.3, 0.4) is 0 Å². The van der Waals surface area contributed by atoms with Gasteiger partial charge in [-0.15, -0.1) is 12.4 Å². The topological polar surface area (TPSA) is 103 Å². The maximum atomic E-state index is 12.5. The Hall–Kier alpha value is -3.08. The lowest BCUT2D eigenvalue weighted by Crippen LogP contribution is -2.38. The first-order valence-corrected chi connectivity index (χ1v) is 12.5. The third kappa shape index (κ3) is 5.66. The van der Waals surface area contributed by atoms with Gasteiger partial charge in [-0.2, -0.15) is 5.26 Å². The number of ether oxygens (including phenoxy) is 1. The molecule has 0 bridgehead atoms. The summed E-state index contributed by atoms with van der Waals surface area (Å²) in [6.45, 7) is 3.91. The molecule has 0 spiro atoms. The van der Waals surface area contributed by atoms with Crippen LogP contribution in [-0.2, 0) is 0 Å². The van der Waals surface area contributed by atoms with Gasteiger partial charge in [0.2, 0.25) is 0 Å². The minimum Gasteiger partial charge on any atom is -0.493 e. The molecule has 8 heteroatoms. The molecule has 1 amide bonds. The first-order chi connectivity index (χ1) is 17.0. The molecule has 1 saturated carbocycles. The van der Waals surface area contributed by atoms with Crippen molar-refractivity contribution in [2.45, 2.75) is 44.1 Å². The molecular weight excluding hydrogens is 478 g/mol. The Labute approximate surface area is 217 Å². The minimum atomic E-state index is -0.991. The van der Waals surface area contributed by atoms with Crippen molar-refractivity contribution in [3.05, 3.63) is 64.7 Å². The summed E-state index contributed by atoms with van der Waals surface area (Å²) >= 11 is 0. The Bertz CT molecular complexity index is 1140. The second kappa shape index (κ2) is 11.3. The number of rotatable bonds is 6. The van der Waals surface area contributed by atoms with Crippen molar-refractivity contribution in [1.29, 1.82) is 5.26 Å². The Morgan fingerprint density at radius 3 is 2.47 bits per heavy atom. The minimum absolute atomic E-state index is 0. The van der Waals surface area contributed by atoms with Crippen LogP contribution in [0, 0.1) is 23.2 Å². The van der Waals surface area contributed by atoms with Gasteiger partial charge in [0.15, 0.2) is 0 Å². The number of fused-ring (bicyclic) bond motifs is 3. The molecule has 2 aromatic rings. The molecule has 3 aliphatic rings. The van der Waals surface area contributed by atoms with Crippen LogP contribution in [0.5, 0.6) is 5.75 Å². The standard InChI is InChI=1S/C28H31N3O4.ClH/c29-14-19-3-10-26-24(13-19)25-16-31(15-22(25)17-35-26)12-11-18-1-8-23(9-2-18)30-27(32)20-4-6-21(7-5-20)28(33)34;/h3-7,10,13,18,22-23,25H,1-2,8-9,11-12,15-17H2,(H,30,32)(H,33,34);1H/t18-,22-,23-,25+;/m0./s1. The molecule has 1 aliphatic carbocycles. The lowest BCUT2D eigenvalue weighted by Gasteiger charge is -2.30. The van der Waals surface area contributed by atoms with E-state index in [1.807, 2.05) is 18.2 Å². The Kier molecular flexibility index (Phi) is 8.17. The van der Waals surface area contributed by atoms with Crippen LogP contribution in [-0.4, -0.2) is 54.2 Å². The highest BCUT2D eigenvalue weighted by molar-refractivity contribution is 5.96. The lowest BCUT2D eigenvalue weighted by atomic mass is 9.84. The number of hydrogen-bond donors (Lipinski definition) is 2. The van der Waals surface area contributed by atoms with Gasteiger partial charge in [-0.25, -0.2) is 4.79 Å². The van der Waals surface area contributed by atoms with Gasteiger partial charge in [-0.05, 0) is 87.0 Å². The predicted octanol–water partition coefficient (Wildman–Crippen LogP) is 4.46. The number of hydrogen-bond acceptors (Lipinski definition) is 5. The summed E-state index contributed by atoms with van der Waals surface area (Å²) < 4.78 is 5.97. The van der Waals surface area contributed by atoms with E-state index in [0.717, 1.165) is 57.7 Å². The van der Waals surface area contributed by atoms with Crippen molar-refractivity contribution in [2.75, 3.05) is 26.2 Å². The van der Waals surface area contributed by atoms with E-state index in [2.05, 4.69) is 16.3 Å². The van der Waals surface area contributed by atoms with Gasteiger partial charge in [0.05, 0.1) is 23.8 Å². The molecule has 2 aliphatic heterocycles. The maximum Gasteiger partial charge on any atom is 0.335 e. The van der Waals surface area contributed by atoms with Gasteiger partial charge in [0.1, 0.15) is 5.75 Å². The SMILES string of the molecule is Cl.N#Cc1ccc2c(c1)[C@@H]1CN(CC[C@H]3CC[C@H](NC(=O)c4ccc(C(=O)O)cc4)CC3)C[C@H]1CO2. The van der Waals surface area contributed by atoms with Crippen LogP contribution >= 0.6 is 12.4 Å². The van der Waals surface area contributed by atoms with Gasteiger partial charge < -0.3 is 20.1 Å². The van der Waals surface area contributed by atoms with Crippen molar-refractivity contribution in [3.8, 4) is 11.8 Å². The highest BCUT2D eigenvalue weighted by Crippen LogP contribution is 2.42. The molecule has 0 unspecified atom stereocenters. The third-order valence-corrected chi connectivity index (χ3v) is 7.94. The smallest absolute Gasteiger partial charge is 0.335 e. The number of amides is 1. The van der Waals surface area contributed by atoms with Gasteiger partial charge in [0.25, 0.3) is 5.91 Å². The first kappa shape index (κ1) is 26.0. The number of nitrogens with zero attached hydrogens (tertiary/aromatic N) is 2. The van der Waals surface area contributed by atoms with Crippen LogP contribution < -0.4 is 10.1 Å². The highest BCUT2D eigenvalue weighted by atomic mass is 35.5. The molecule has 190 valence electrons. The van der Waals surface area contributed by atoms with Crippen LogP contribution in [0.2, 0.25) is 0 Å². The fourth-order valence-electron chi connectivity index (χ4n) is 5.89. The van der Waals surface area contributed by atoms with Gasteiger partial charge in [-0.1, -0.05) is 0 Å². The Morgan fingerprint density at radius 1 is 1.06 bits per heavy atom. The number of carbonyl (C=O) groups excluding carboxylic acids is 1. The third-order valence-electron chi connectivity index (χ3n) is 7.94. The summed E-state index contributed by atoms with van der Waals surface area (Å²) in [7, 11) is 0. The summed E-state index contributed by atoms with van der Waals surface area (Å²) in [5, 5.41) is 21.4. The largest absolute Gasteiger partial charge is 0.493 e. The summed E-state index contributed by atoms with van der Waals surface area (Å²) in [5.74, 6) is 1.43. The molecule has 2 N–H and O–H groups in total. The molecule has 36 heavy (non-hydrogen) atoms. The number of nitrogens with one attached hydrogen (secondary N) is 1. The number of carbonyl (C=O) groups is 2. The summed E-state index contributed by atoms with van der Waals surface area (Å²) in [4.78, 5) is 26.1. The normalized spacial score (nSPS) is 24.9. The maximum absolute atomic E-state index is 12.5. The average molecular weight is 510 g/mol. The van der Waals surface area contributed by atoms with Crippen molar-refractivity contribution in [2.24, 2.45) is 11.8 Å². The number of likely N-dealkylation sites (tertiary alicyclic amines) is 1. The molecular formula is C28H32ClN3O4. The van der Waals surface area contributed by atoms with E-state index < -0.39 is 5.97 Å². The molecule has 1 saturated heterocycles. The monoisotopic (exact) mass is 509 g/mol. The van der Waals surface area contributed by atoms with Crippen LogP contribution in [0.15, 0.2) is 42.5 Å². The predicted molar refractivity (Wildman–Crippen MR) is 138 cm³/mol. The van der Waals surface area contributed by atoms with E-state index in [0.29, 0.717) is 28.9 Å². The van der Waals surface area contributed by atoms with Crippen LogP contribution in [0.4, 0.5) is 0 Å². The van der Waals surface area contributed by atoms with Gasteiger partial charge >= 0.3 is 5.97 Å². The number of halogens is 1.